The number of nitrogens with zero attached hydrogens (tertiary/aromatic N) is 2. The van der Waals surface area contributed by atoms with Crippen LogP contribution in [0.3, 0.4) is 0 Å². The molecule has 0 amide bonds. The Morgan fingerprint density at radius 1 is 1.27 bits per heavy atom. The van der Waals surface area contributed by atoms with Crippen LogP contribution in [0.25, 0.3) is 11.3 Å². The molecular formula is C16H15ClN2O3. The molecule has 1 N–H and O–H groups in total. The van der Waals surface area contributed by atoms with Crippen molar-refractivity contribution in [3.8, 4) is 17.0 Å². The molecule has 0 bridgehead atoms. The van der Waals surface area contributed by atoms with Gasteiger partial charge in [0.15, 0.2) is 0 Å². The van der Waals surface area contributed by atoms with E-state index in [0.717, 1.165) is 18.4 Å². The lowest BCUT2D eigenvalue weighted by atomic mass is 10.1. The lowest BCUT2D eigenvalue weighted by Gasteiger charge is -2.14. The van der Waals surface area contributed by atoms with Crippen molar-refractivity contribution in [3.63, 3.8) is 0 Å². The molecule has 0 atom stereocenters. The zero-order chi connectivity index (χ0) is 15.5. The van der Waals surface area contributed by atoms with Crippen LogP contribution in [0.4, 0.5) is 0 Å². The fraction of sp³-hybridized carbons (Fsp3) is 0.312. The van der Waals surface area contributed by atoms with E-state index in [2.05, 4.69) is 9.97 Å². The van der Waals surface area contributed by atoms with Gasteiger partial charge in [0.1, 0.15) is 5.75 Å². The van der Waals surface area contributed by atoms with Crippen LogP contribution in [-0.4, -0.2) is 27.1 Å². The number of ether oxygens (including phenoxy) is 1. The fourth-order valence-electron chi connectivity index (χ4n) is 2.56. The van der Waals surface area contributed by atoms with E-state index in [1.165, 1.54) is 19.0 Å². The van der Waals surface area contributed by atoms with Crippen molar-refractivity contribution in [2.45, 2.75) is 31.8 Å². The smallest absolute Gasteiger partial charge is 0.373 e. The SMILES string of the molecule is O=C(O)c1nccc(-c2ccc(OC3CCCC3)c(Cl)c2)n1. The highest BCUT2D eigenvalue weighted by molar-refractivity contribution is 6.32. The molecule has 1 heterocycles. The largest absolute Gasteiger partial charge is 0.489 e. The molecule has 0 unspecified atom stereocenters. The summed E-state index contributed by atoms with van der Waals surface area (Å²) in [6.07, 6.45) is 6.17. The standard InChI is InChI=1S/C16H15ClN2O3/c17-12-9-10(13-7-8-18-15(19-13)16(20)21)5-6-14(12)22-11-3-1-2-4-11/h5-9,11H,1-4H2,(H,20,21). The normalized spacial score (nSPS) is 15.0. The number of aromatic carboxylic acids is 1. The molecule has 0 saturated heterocycles. The van der Waals surface area contributed by atoms with Crippen LogP contribution in [0, 0.1) is 0 Å². The van der Waals surface area contributed by atoms with Crippen molar-refractivity contribution in [1.29, 1.82) is 0 Å². The van der Waals surface area contributed by atoms with E-state index in [4.69, 9.17) is 21.4 Å². The van der Waals surface area contributed by atoms with Crippen LogP contribution in [0.15, 0.2) is 30.5 Å². The molecule has 1 aromatic carbocycles. The summed E-state index contributed by atoms with van der Waals surface area (Å²) in [6.45, 7) is 0. The highest BCUT2D eigenvalue weighted by Crippen LogP contribution is 2.32. The maximum Gasteiger partial charge on any atom is 0.373 e. The summed E-state index contributed by atoms with van der Waals surface area (Å²) < 4.78 is 5.90. The third kappa shape index (κ3) is 3.20. The van der Waals surface area contributed by atoms with Gasteiger partial charge in [0.25, 0.3) is 0 Å². The second kappa shape index (κ2) is 6.32. The van der Waals surface area contributed by atoms with Crippen molar-refractivity contribution in [3.05, 3.63) is 41.3 Å². The van der Waals surface area contributed by atoms with E-state index in [9.17, 15) is 4.79 Å². The first-order valence-corrected chi connectivity index (χ1v) is 7.54. The summed E-state index contributed by atoms with van der Waals surface area (Å²) in [4.78, 5) is 18.6. The maximum absolute atomic E-state index is 10.9. The quantitative estimate of drug-likeness (QED) is 0.927. The summed E-state index contributed by atoms with van der Waals surface area (Å²) >= 11 is 6.28. The zero-order valence-corrected chi connectivity index (χ0v) is 12.6. The molecule has 6 heteroatoms. The molecule has 1 aliphatic carbocycles. The molecule has 1 aliphatic rings. The number of carboxylic acid groups (broad SMARTS) is 1. The Kier molecular flexibility index (Phi) is 4.24. The highest BCUT2D eigenvalue weighted by atomic mass is 35.5. The van der Waals surface area contributed by atoms with E-state index in [1.807, 2.05) is 6.07 Å². The molecule has 3 rings (SSSR count). The third-order valence-electron chi connectivity index (χ3n) is 3.67. The topological polar surface area (TPSA) is 72.3 Å². The minimum Gasteiger partial charge on any atom is -0.489 e. The average Bonchev–Trinajstić information content (AvgIpc) is 3.02. The number of rotatable bonds is 4. The molecule has 1 aromatic heterocycles. The molecule has 22 heavy (non-hydrogen) atoms. The molecule has 2 aromatic rings. The van der Waals surface area contributed by atoms with E-state index in [0.29, 0.717) is 16.5 Å². The summed E-state index contributed by atoms with van der Waals surface area (Å²) in [5.74, 6) is -0.737. The first-order valence-electron chi connectivity index (χ1n) is 7.16. The number of hydrogen-bond acceptors (Lipinski definition) is 4. The third-order valence-corrected chi connectivity index (χ3v) is 3.97. The Bertz CT molecular complexity index is 700. The Morgan fingerprint density at radius 3 is 2.73 bits per heavy atom. The van der Waals surface area contributed by atoms with Crippen LogP contribution in [-0.2, 0) is 0 Å². The Hall–Kier alpha value is -2.14. The van der Waals surface area contributed by atoms with Crippen molar-refractivity contribution in [2.75, 3.05) is 0 Å². The molecule has 114 valence electrons. The van der Waals surface area contributed by atoms with Crippen LogP contribution in [0.2, 0.25) is 5.02 Å². The van der Waals surface area contributed by atoms with Gasteiger partial charge in [-0.05, 0) is 49.9 Å². The average molecular weight is 319 g/mol. The second-order valence-electron chi connectivity index (χ2n) is 5.24. The van der Waals surface area contributed by atoms with Crippen LogP contribution < -0.4 is 4.74 Å². The molecule has 0 radical (unpaired) electrons. The van der Waals surface area contributed by atoms with Crippen molar-refractivity contribution in [2.24, 2.45) is 0 Å². The van der Waals surface area contributed by atoms with E-state index < -0.39 is 5.97 Å². The lowest BCUT2D eigenvalue weighted by Crippen LogP contribution is -2.11. The van der Waals surface area contributed by atoms with Gasteiger partial charge in [-0.2, -0.15) is 0 Å². The van der Waals surface area contributed by atoms with Crippen molar-refractivity contribution >= 4 is 17.6 Å². The van der Waals surface area contributed by atoms with Gasteiger partial charge in [-0.15, -0.1) is 0 Å². The van der Waals surface area contributed by atoms with Gasteiger partial charge >= 0.3 is 5.97 Å². The first kappa shape index (κ1) is 14.8. The second-order valence-corrected chi connectivity index (χ2v) is 5.65. The van der Waals surface area contributed by atoms with Crippen LogP contribution in [0.1, 0.15) is 36.3 Å². The predicted octanol–water partition coefficient (Wildman–Crippen LogP) is 3.82. The summed E-state index contributed by atoms with van der Waals surface area (Å²) in [5.41, 5.74) is 1.25. The summed E-state index contributed by atoms with van der Waals surface area (Å²) in [7, 11) is 0. The number of benzene rings is 1. The Balaban J connectivity index is 1.84. The summed E-state index contributed by atoms with van der Waals surface area (Å²) in [5, 5.41) is 9.44. The molecule has 1 saturated carbocycles. The number of aromatic nitrogens is 2. The zero-order valence-electron chi connectivity index (χ0n) is 11.8. The van der Waals surface area contributed by atoms with Gasteiger partial charge in [-0.1, -0.05) is 11.6 Å². The van der Waals surface area contributed by atoms with Gasteiger partial charge in [-0.3, -0.25) is 0 Å². The van der Waals surface area contributed by atoms with Gasteiger partial charge < -0.3 is 9.84 Å². The number of hydrogen-bond donors (Lipinski definition) is 1. The minimum absolute atomic E-state index is 0.236. The first-order chi connectivity index (χ1) is 10.6. The van der Waals surface area contributed by atoms with Crippen LogP contribution in [0.5, 0.6) is 5.75 Å². The maximum atomic E-state index is 10.9. The van der Waals surface area contributed by atoms with Crippen molar-refractivity contribution < 1.29 is 14.6 Å². The lowest BCUT2D eigenvalue weighted by molar-refractivity contribution is 0.0683. The molecule has 0 aliphatic heterocycles. The molecule has 5 nitrogen and oxygen atoms in total. The molecular weight excluding hydrogens is 304 g/mol. The monoisotopic (exact) mass is 318 g/mol. The van der Waals surface area contributed by atoms with E-state index >= 15 is 0 Å². The van der Waals surface area contributed by atoms with E-state index in [1.54, 1.807) is 18.2 Å². The summed E-state index contributed by atoms with van der Waals surface area (Å²) in [6, 6.07) is 7.01. The molecule has 1 fully saturated rings. The van der Waals surface area contributed by atoms with Gasteiger partial charge in [-0.25, -0.2) is 14.8 Å². The number of carbonyl (C=O) groups is 1. The number of halogens is 1. The minimum atomic E-state index is -1.16. The Morgan fingerprint density at radius 2 is 2.05 bits per heavy atom. The number of carboxylic acids is 1. The molecule has 0 spiro atoms. The fourth-order valence-corrected chi connectivity index (χ4v) is 2.79. The predicted molar refractivity (Wildman–Crippen MR) is 82.3 cm³/mol. The van der Waals surface area contributed by atoms with Crippen molar-refractivity contribution in [1.82, 2.24) is 9.97 Å². The van der Waals surface area contributed by atoms with Gasteiger partial charge in [0.05, 0.1) is 16.8 Å². The van der Waals surface area contributed by atoms with Crippen LogP contribution >= 0.6 is 11.6 Å². The van der Waals surface area contributed by atoms with Gasteiger partial charge in [0, 0.05) is 11.8 Å². The van der Waals surface area contributed by atoms with Gasteiger partial charge in [0.2, 0.25) is 5.82 Å². The van der Waals surface area contributed by atoms with E-state index in [-0.39, 0.29) is 11.9 Å². The Labute approximate surface area is 132 Å². The highest BCUT2D eigenvalue weighted by Gasteiger charge is 2.18.